The van der Waals surface area contributed by atoms with Crippen LogP contribution in [0.5, 0.6) is 0 Å². The van der Waals surface area contributed by atoms with Gasteiger partial charge >= 0.3 is 0 Å². The highest BCUT2D eigenvalue weighted by atomic mass is 16.6. The van der Waals surface area contributed by atoms with Crippen molar-refractivity contribution in [3.63, 3.8) is 0 Å². The third-order valence-corrected chi connectivity index (χ3v) is 6.65. The van der Waals surface area contributed by atoms with E-state index >= 15 is 0 Å². The fourth-order valence-corrected chi connectivity index (χ4v) is 4.88. The lowest BCUT2D eigenvalue weighted by Gasteiger charge is -2.40. The zero-order valence-corrected chi connectivity index (χ0v) is 18.6. The highest BCUT2D eigenvalue weighted by Gasteiger charge is 2.45. The van der Waals surface area contributed by atoms with E-state index in [2.05, 4.69) is 39.0 Å². The van der Waals surface area contributed by atoms with Crippen molar-refractivity contribution in [3.8, 4) is 0 Å². The second kappa shape index (κ2) is 8.05. The number of Topliss-reactive ketones (excluding diaryl/α,β-unsaturated/α-hetero) is 2. The molecule has 164 valence electrons. The zero-order valence-electron chi connectivity index (χ0n) is 18.6. The molecule has 2 aliphatic carbocycles. The molecule has 5 nitrogen and oxygen atoms in total. The average Bonchev–Trinajstić information content (AvgIpc) is 2.80. The molecule has 0 bridgehead atoms. The number of para-hydroxylation sites is 1. The molecule has 1 saturated carbocycles. The summed E-state index contributed by atoms with van der Waals surface area (Å²) in [6.45, 7) is 6.45. The fraction of sp³-hybridized carbons (Fsp3) is 0.370. The van der Waals surface area contributed by atoms with E-state index in [9.17, 15) is 9.59 Å². The number of ether oxygens (including phenoxy) is 2. The van der Waals surface area contributed by atoms with E-state index in [0.717, 1.165) is 24.1 Å². The summed E-state index contributed by atoms with van der Waals surface area (Å²) in [5, 5.41) is 0. The number of rotatable bonds is 3. The number of carbonyl (C=O) groups is 2. The number of benzene rings is 2. The van der Waals surface area contributed by atoms with Gasteiger partial charge in [0.25, 0.3) is 0 Å². The van der Waals surface area contributed by atoms with E-state index in [1.807, 2.05) is 6.21 Å². The van der Waals surface area contributed by atoms with Crippen molar-refractivity contribution in [2.75, 3.05) is 0 Å². The van der Waals surface area contributed by atoms with Gasteiger partial charge in [-0.2, -0.15) is 0 Å². The van der Waals surface area contributed by atoms with Crippen LogP contribution in [0, 0.1) is 12.8 Å². The fourth-order valence-electron chi connectivity index (χ4n) is 4.88. The Labute approximate surface area is 188 Å². The molecule has 2 aromatic carbocycles. The topological polar surface area (TPSA) is 65.0 Å². The second-order valence-corrected chi connectivity index (χ2v) is 9.19. The number of hydrogen-bond acceptors (Lipinski definition) is 5. The Hall–Kier alpha value is -3.21. The molecule has 1 aliphatic heterocycles. The van der Waals surface area contributed by atoms with Crippen LogP contribution in [0.25, 0.3) is 0 Å². The monoisotopic (exact) mass is 429 g/mol. The van der Waals surface area contributed by atoms with Gasteiger partial charge < -0.3 is 9.47 Å². The zero-order chi connectivity index (χ0) is 22.4. The first-order valence-electron chi connectivity index (χ1n) is 11.3. The third-order valence-electron chi connectivity index (χ3n) is 6.65. The first kappa shape index (κ1) is 20.7. The van der Waals surface area contributed by atoms with Crippen molar-refractivity contribution in [1.29, 1.82) is 0 Å². The summed E-state index contributed by atoms with van der Waals surface area (Å²) in [4.78, 5) is 30.7. The Morgan fingerprint density at radius 3 is 2.22 bits per heavy atom. The maximum absolute atomic E-state index is 13.0. The van der Waals surface area contributed by atoms with Gasteiger partial charge in [0, 0.05) is 17.3 Å². The molecule has 1 heterocycles. The molecule has 3 unspecified atom stereocenters. The van der Waals surface area contributed by atoms with E-state index < -0.39 is 0 Å². The molecule has 2 aromatic rings. The molecule has 0 spiro atoms. The first-order valence-corrected chi connectivity index (χ1v) is 11.3. The smallest absolute Gasteiger partial charge is 0.232 e. The Bertz CT molecular complexity index is 1160. The maximum atomic E-state index is 13.0. The summed E-state index contributed by atoms with van der Waals surface area (Å²) in [5.41, 5.74) is 4.22. The van der Waals surface area contributed by atoms with Crippen molar-refractivity contribution in [2.45, 2.75) is 58.2 Å². The van der Waals surface area contributed by atoms with Crippen molar-refractivity contribution >= 4 is 23.5 Å². The number of nitrogens with zero attached hydrogens (tertiary/aromatic N) is 1. The minimum absolute atomic E-state index is 0.0635. The summed E-state index contributed by atoms with van der Waals surface area (Å²) in [7, 11) is 0. The lowest BCUT2D eigenvalue weighted by molar-refractivity contribution is -0.0821. The number of aliphatic imine (C=N–C) groups is 1. The van der Waals surface area contributed by atoms with E-state index in [1.54, 1.807) is 24.3 Å². The van der Waals surface area contributed by atoms with Crippen LogP contribution in [-0.4, -0.2) is 30.0 Å². The lowest BCUT2D eigenvalue weighted by atomic mass is 9.84. The van der Waals surface area contributed by atoms with Gasteiger partial charge in [-0.15, -0.1) is 0 Å². The standard InChI is InChI=1S/C27H27NO4/c1-15(2)18-10-6-7-16(3)23(18)28-14-17-11-12-21-22(13-17)32-27-25(30)20-9-5-4-8-19(20)24(29)26(27)31-21/h4-10,14-15,17,21-22H,11-13H2,1-3H3. The largest absolute Gasteiger partial charge is 0.479 e. The summed E-state index contributed by atoms with van der Waals surface area (Å²) in [5.74, 6) is 0.223. The highest BCUT2D eigenvalue weighted by molar-refractivity contribution is 6.25. The van der Waals surface area contributed by atoms with Crippen molar-refractivity contribution in [1.82, 2.24) is 0 Å². The van der Waals surface area contributed by atoms with Gasteiger partial charge in [0.1, 0.15) is 12.2 Å². The summed E-state index contributed by atoms with van der Waals surface area (Å²) in [6, 6.07) is 13.1. The van der Waals surface area contributed by atoms with Crippen LogP contribution >= 0.6 is 0 Å². The van der Waals surface area contributed by atoms with Crippen molar-refractivity contribution in [2.24, 2.45) is 10.9 Å². The van der Waals surface area contributed by atoms with Gasteiger partial charge in [-0.3, -0.25) is 14.6 Å². The highest BCUT2D eigenvalue weighted by Crippen LogP contribution is 2.39. The Balaban J connectivity index is 1.36. The van der Waals surface area contributed by atoms with E-state index in [1.165, 1.54) is 5.56 Å². The minimum Gasteiger partial charge on any atom is -0.479 e. The van der Waals surface area contributed by atoms with E-state index in [4.69, 9.17) is 14.5 Å². The second-order valence-electron chi connectivity index (χ2n) is 9.19. The Morgan fingerprint density at radius 2 is 1.56 bits per heavy atom. The van der Waals surface area contributed by atoms with Gasteiger partial charge in [0.05, 0.1) is 5.69 Å². The van der Waals surface area contributed by atoms with Crippen molar-refractivity contribution in [3.05, 3.63) is 76.2 Å². The van der Waals surface area contributed by atoms with Crippen LogP contribution in [0.4, 0.5) is 5.69 Å². The molecule has 0 radical (unpaired) electrons. The Kier molecular flexibility index (Phi) is 5.20. The first-order chi connectivity index (χ1) is 15.4. The molecule has 0 amide bonds. The summed E-state index contributed by atoms with van der Waals surface area (Å²) < 4.78 is 12.2. The number of hydrogen-bond donors (Lipinski definition) is 0. The lowest BCUT2D eigenvalue weighted by Crippen LogP contribution is -2.44. The molecule has 3 aliphatic rings. The molecule has 0 saturated heterocycles. The van der Waals surface area contributed by atoms with Crippen LogP contribution in [-0.2, 0) is 9.47 Å². The van der Waals surface area contributed by atoms with Crippen LogP contribution in [0.15, 0.2) is 59.0 Å². The van der Waals surface area contributed by atoms with Gasteiger partial charge in [0.15, 0.2) is 0 Å². The molecule has 5 heteroatoms. The molecule has 1 fully saturated rings. The quantitative estimate of drug-likeness (QED) is 0.588. The third kappa shape index (κ3) is 3.46. The molecule has 3 atom stereocenters. The van der Waals surface area contributed by atoms with E-state index in [-0.39, 0.29) is 41.2 Å². The minimum atomic E-state index is -0.272. The number of fused-ring (bicyclic) bond motifs is 2. The van der Waals surface area contributed by atoms with Gasteiger partial charge in [0.2, 0.25) is 23.1 Å². The number of aryl methyl sites for hydroxylation is 1. The number of ketones is 2. The normalized spacial score (nSPS) is 24.7. The molecule has 32 heavy (non-hydrogen) atoms. The molecular formula is C27H27NO4. The molecule has 0 aromatic heterocycles. The molecular weight excluding hydrogens is 402 g/mol. The predicted octanol–water partition coefficient (Wildman–Crippen LogP) is 5.70. The molecule has 5 rings (SSSR count). The van der Waals surface area contributed by atoms with Crippen LogP contribution < -0.4 is 0 Å². The van der Waals surface area contributed by atoms with Crippen LogP contribution in [0.1, 0.15) is 70.9 Å². The van der Waals surface area contributed by atoms with Gasteiger partial charge in [-0.1, -0.05) is 56.3 Å². The SMILES string of the molecule is Cc1cccc(C(C)C)c1N=CC1CCC2OC3=C(OC2C1)C(=O)c1ccccc1C3=O. The van der Waals surface area contributed by atoms with Crippen molar-refractivity contribution < 1.29 is 19.1 Å². The maximum Gasteiger partial charge on any atom is 0.232 e. The average molecular weight is 430 g/mol. The van der Waals surface area contributed by atoms with Gasteiger partial charge in [-0.25, -0.2) is 0 Å². The summed E-state index contributed by atoms with van der Waals surface area (Å²) in [6.07, 6.45) is 3.91. The number of carbonyl (C=O) groups excluding carboxylic acids is 2. The Morgan fingerprint density at radius 1 is 0.906 bits per heavy atom. The molecule has 0 N–H and O–H groups in total. The van der Waals surface area contributed by atoms with E-state index in [0.29, 0.717) is 23.5 Å². The van der Waals surface area contributed by atoms with Crippen LogP contribution in [0.2, 0.25) is 0 Å². The van der Waals surface area contributed by atoms with Crippen LogP contribution in [0.3, 0.4) is 0 Å². The predicted molar refractivity (Wildman–Crippen MR) is 123 cm³/mol. The summed E-state index contributed by atoms with van der Waals surface area (Å²) >= 11 is 0. The number of allylic oxidation sites excluding steroid dienone is 2. The van der Waals surface area contributed by atoms with Gasteiger partial charge in [-0.05, 0) is 49.1 Å².